The van der Waals surface area contributed by atoms with E-state index in [1.54, 1.807) is 12.1 Å². The first-order valence-corrected chi connectivity index (χ1v) is 7.47. The second-order valence-corrected chi connectivity index (χ2v) is 5.17. The highest BCUT2D eigenvalue weighted by Gasteiger charge is 2.30. The highest BCUT2D eigenvalue weighted by Crippen LogP contribution is 2.31. The normalized spacial score (nSPS) is 10.6. The number of carbonyl (C=O) groups excluding carboxylic acids is 1. The first-order valence-electron chi connectivity index (χ1n) is 7.47. The van der Waals surface area contributed by atoms with E-state index in [4.69, 9.17) is 4.74 Å². The van der Waals surface area contributed by atoms with Crippen molar-refractivity contribution >= 4 is 5.91 Å². The molecule has 25 heavy (non-hydrogen) atoms. The number of aryl methyl sites for hydroxylation is 1. The fourth-order valence-corrected chi connectivity index (χ4v) is 2.04. The van der Waals surface area contributed by atoms with Gasteiger partial charge < -0.3 is 10.1 Å². The number of rotatable bonds is 4. The van der Waals surface area contributed by atoms with Crippen molar-refractivity contribution in [3.8, 4) is 17.6 Å². The number of hydrogen-bond donors (Lipinski definition) is 1. The van der Waals surface area contributed by atoms with E-state index in [1.165, 1.54) is 12.1 Å². The summed E-state index contributed by atoms with van der Waals surface area (Å²) in [7, 11) is 0. The fourth-order valence-electron chi connectivity index (χ4n) is 2.04. The Morgan fingerprint density at radius 2 is 1.88 bits per heavy atom. The minimum Gasteiger partial charge on any atom is -0.481 e. The zero-order valence-electron chi connectivity index (χ0n) is 13.5. The lowest BCUT2D eigenvalue weighted by Gasteiger charge is -2.08. The van der Waals surface area contributed by atoms with Crippen LogP contribution in [0.15, 0.2) is 48.5 Å². The Morgan fingerprint density at radius 1 is 1.12 bits per heavy atom. The van der Waals surface area contributed by atoms with Gasteiger partial charge in [0.25, 0.3) is 5.91 Å². The largest absolute Gasteiger partial charge is 0.481 e. The van der Waals surface area contributed by atoms with E-state index in [9.17, 15) is 18.0 Å². The molecule has 0 bridgehead atoms. The maximum atomic E-state index is 12.6. The number of halogens is 3. The van der Waals surface area contributed by atoms with E-state index in [0.717, 1.165) is 17.7 Å². The molecule has 2 rings (SSSR count). The van der Waals surface area contributed by atoms with Crippen molar-refractivity contribution in [2.24, 2.45) is 0 Å². The quantitative estimate of drug-likeness (QED) is 0.854. The van der Waals surface area contributed by atoms with Gasteiger partial charge in [-0.2, -0.15) is 13.2 Å². The molecule has 0 unspecified atom stereocenters. The van der Waals surface area contributed by atoms with Crippen LogP contribution in [0.1, 0.15) is 21.5 Å². The molecule has 0 radical (unpaired) electrons. The Kier molecular flexibility index (Phi) is 6.07. The Labute approximate surface area is 143 Å². The van der Waals surface area contributed by atoms with Gasteiger partial charge in [-0.05, 0) is 36.8 Å². The van der Waals surface area contributed by atoms with Crippen molar-refractivity contribution in [2.75, 3.05) is 13.2 Å². The van der Waals surface area contributed by atoms with Crippen LogP contribution in [-0.2, 0) is 6.18 Å². The van der Waals surface area contributed by atoms with Crippen LogP contribution in [-0.4, -0.2) is 19.1 Å². The summed E-state index contributed by atoms with van der Waals surface area (Å²) >= 11 is 0. The van der Waals surface area contributed by atoms with Gasteiger partial charge in [-0.1, -0.05) is 36.1 Å². The topological polar surface area (TPSA) is 38.3 Å². The van der Waals surface area contributed by atoms with Gasteiger partial charge in [0.2, 0.25) is 0 Å². The Bertz CT molecular complexity index is 804. The fraction of sp³-hybridized carbons (Fsp3) is 0.211. The summed E-state index contributed by atoms with van der Waals surface area (Å²) in [4.78, 5) is 11.9. The van der Waals surface area contributed by atoms with Crippen LogP contribution in [0.5, 0.6) is 5.75 Å². The first-order chi connectivity index (χ1) is 11.9. The zero-order chi connectivity index (χ0) is 18.3. The average Bonchev–Trinajstić information content (AvgIpc) is 2.57. The van der Waals surface area contributed by atoms with E-state index in [-0.39, 0.29) is 24.8 Å². The van der Waals surface area contributed by atoms with E-state index in [0.29, 0.717) is 5.56 Å². The van der Waals surface area contributed by atoms with Crippen molar-refractivity contribution in [1.29, 1.82) is 0 Å². The van der Waals surface area contributed by atoms with Gasteiger partial charge >= 0.3 is 6.18 Å². The molecule has 2 aromatic rings. The number of nitrogens with one attached hydrogen (secondary N) is 1. The van der Waals surface area contributed by atoms with E-state index in [1.807, 2.05) is 19.1 Å². The van der Waals surface area contributed by atoms with Gasteiger partial charge in [0.05, 0.1) is 12.1 Å². The standard InChI is InChI=1S/C19H16F3NO2/c1-14-7-2-3-10-17(14)18(24)23-11-4-5-12-25-16-9-6-8-15(13-16)19(20,21)22/h2-3,6-10,13H,11-12H2,1H3,(H,23,24). The van der Waals surface area contributed by atoms with Crippen molar-refractivity contribution in [1.82, 2.24) is 5.32 Å². The predicted octanol–water partition coefficient (Wildman–Crippen LogP) is 3.83. The van der Waals surface area contributed by atoms with Crippen LogP contribution < -0.4 is 10.1 Å². The van der Waals surface area contributed by atoms with Gasteiger partial charge in [0.15, 0.2) is 0 Å². The molecule has 0 aliphatic rings. The van der Waals surface area contributed by atoms with E-state index >= 15 is 0 Å². The van der Waals surface area contributed by atoms with Gasteiger partial charge in [0.1, 0.15) is 12.4 Å². The third-order valence-electron chi connectivity index (χ3n) is 3.32. The molecule has 0 saturated heterocycles. The highest BCUT2D eigenvalue weighted by molar-refractivity contribution is 5.95. The highest BCUT2D eigenvalue weighted by atomic mass is 19.4. The molecule has 0 saturated carbocycles. The number of ether oxygens (including phenoxy) is 1. The van der Waals surface area contributed by atoms with Crippen LogP contribution >= 0.6 is 0 Å². The van der Waals surface area contributed by atoms with Crippen LogP contribution in [0.25, 0.3) is 0 Å². The summed E-state index contributed by atoms with van der Waals surface area (Å²) in [6.45, 7) is 1.89. The number of alkyl halides is 3. The monoisotopic (exact) mass is 347 g/mol. The minimum absolute atomic E-state index is 0.0679. The van der Waals surface area contributed by atoms with E-state index in [2.05, 4.69) is 17.2 Å². The SMILES string of the molecule is Cc1ccccc1C(=O)NCC#CCOc1cccc(C(F)(F)F)c1. The van der Waals surface area contributed by atoms with Crippen molar-refractivity contribution in [2.45, 2.75) is 13.1 Å². The summed E-state index contributed by atoms with van der Waals surface area (Å²) < 4.78 is 42.9. The molecule has 2 aromatic carbocycles. The molecule has 0 aromatic heterocycles. The van der Waals surface area contributed by atoms with Gasteiger partial charge in [-0.3, -0.25) is 4.79 Å². The van der Waals surface area contributed by atoms with Crippen LogP contribution in [0.2, 0.25) is 0 Å². The summed E-state index contributed by atoms with van der Waals surface area (Å²) in [5.74, 6) is 5.20. The van der Waals surface area contributed by atoms with Crippen molar-refractivity contribution in [3.63, 3.8) is 0 Å². The van der Waals surface area contributed by atoms with Gasteiger partial charge in [-0.25, -0.2) is 0 Å². The zero-order valence-corrected chi connectivity index (χ0v) is 13.5. The van der Waals surface area contributed by atoms with Crippen molar-refractivity contribution < 1.29 is 22.7 Å². The van der Waals surface area contributed by atoms with Crippen LogP contribution in [0.4, 0.5) is 13.2 Å². The maximum absolute atomic E-state index is 12.6. The molecule has 3 nitrogen and oxygen atoms in total. The molecule has 0 aliphatic carbocycles. The Morgan fingerprint density at radius 3 is 2.60 bits per heavy atom. The Balaban J connectivity index is 1.80. The molecule has 0 spiro atoms. The molecule has 1 amide bonds. The summed E-state index contributed by atoms with van der Waals surface area (Å²) in [6.07, 6.45) is -4.41. The number of amides is 1. The number of benzene rings is 2. The minimum atomic E-state index is -4.41. The molecular formula is C19H16F3NO2. The molecular weight excluding hydrogens is 331 g/mol. The lowest BCUT2D eigenvalue weighted by molar-refractivity contribution is -0.137. The lowest BCUT2D eigenvalue weighted by Crippen LogP contribution is -2.24. The third-order valence-corrected chi connectivity index (χ3v) is 3.32. The summed E-state index contributed by atoms with van der Waals surface area (Å²) in [5, 5.41) is 2.65. The van der Waals surface area contributed by atoms with Gasteiger partial charge in [0, 0.05) is 5.56 Å². The molecule has 6 heteroatoms. The summed E-state index contributed by atoms with van der Waals surface area (Å²) in [6, 6.07) is 11.8. The molecule has 0 aliphatic heterocycles. The van der Waals surface area contributed by atoms with Crippen LogP contribution in [0.3, 0.4) is 0 Å². The second-order valence-electron chi connectivity index (χ2n) is 5.17. The third kappa shape index (κ3) is 5.57. The number of carbonyl (C=O) groups is 1. The molecule has 130 valence electrons. The average molecular weight is 347 g/mol. The first kappa shape index (κ1) is 18.4. The second kappa shape index (κ2) is 8.25. The number of hydrogen-bond acceptors (Lipinski definition) is 2. The van der Waals surface area contributed by atoms with Gasteiger partial charge in [-0.15, -0.1) is 0 Å². The van der Waals surface area contributed by atoms with E-state index < -0.39 is 11.7 Å². The summed E-state index contributed by atoms with van der Waals surface area (Å²) in [5.41, 5.74) is 0.661. The lowest BCUT2D eigenvalue weighted by atomic mass is 10.1. The van der Waals surface area contributed by atoms with Crippen LogP contribution in [0, 0.1) is 18.8 Å². The molecule has 0 atom stereocenters. The smallest absolute Gasteiger partial charge is 0.416 e. The van der Waals surface area contributed by atoms with Crippen molar-refractivity contribution in [3.05, 3.63) is 65.2 Å². The molecule has 1 N–H and O–H groups in total. The maximum Gasteiger partial charge on any atom is 0.416 e. The predicted molar refractivity (Wildman–Crippen MR) is 88.2 cm³/mol. The molecule has 0 heterocycles. The Hall–Kier alpha value is -2.94. The molecule has 0 fully saturated rings.